The maximum absolute atomic E-state index is 6.77. The van der Waals surface area contributed by atoms with Gasteiger partial charge in [0, 0.05) is 33.3 Å². The summed E-state index contributed by atoms with van der Waals surface area (Å²) in [6.45, 7) is 4.96. The first-order chi connectivity index (χ1) is 25.0. The summed E-state index contributed by atoms with van der Waals surface area (Å²) in [6, 6.07) is 64.0. The highest BCUT2D eigenvalue weighted by molar-refractivity contribution is 7.04. The molecule has 242 valence electrons. The molecule has 1 aromatic heterocycles. The summed E-state index contributed by atoms with van der Waals surface area (Å²) in [5, 5.41) is 7.71. The Hall–Kier alpha value is -6.16. The molecule has 8 aromatic carbocycles. The van der Waals surface area contributed by atoms with Crippen LogP contribution in [-0.2, 0) is 0 Å². The van der Waals surface area contributed by atoms with Gasteiger partial charge in [-0.15, -0.1) is 0 Å². The third-order valence-electron chi connectivity index (χ3n) is 10.8. The highest BCUT2D eigenvalue weighted by atomic mass is 28.3. The Morgan fingerprint density at radius 1 is 0.431 bits per heavy atom. The molecular weight excluding hydrogens is 635 g/mol. The van der Waals surface area contributed by atoms with Crippen molar-refractivity contribution in [2.24, 2.45) is 0 Å². The maximum atomic E-state index is 6.77. The van der Waals surface area contributed by atoms with Crippen LogP contribution in [0.5, 0.6) is 0 Å². The average molecular weight is 670 g/mol. The molecule has 0 atom stereocenters. The van der Waals surface area contributed by atoms with Gasteiger partial charge in [0.2, 0.25) is 0 Å². The van der Waals surface area contributed by atoms with Crippen molar-refractivity contribution in [3.05, 3.63) is 176 Å². The van der Waals surface area contributed by atoms with E-state index in [9.17, 15) is 0 Å². The number of rotatable bonds is 5. The van der Waals surface area contributed by atoms with Gasteiger partial charge in [0.25, 0.3) is 0 Å². The first-order valence-electron chi connectivity index (χ1n) is 17.7. The van der Waals surface area contributed by atoms with Crippen LogP contribution >= 0.6 is 0 Å². The van der Waals surface area contributed by atoms with E-state index in [-0.39, 0.29) is 0 Å². The number of fused-ring (bicyclic) bond motifs is 8. The summed E-state index contributed by atoms with van der Waals surface area (Å²) in [5.74, 6) is 0. The first-order valence-corrected chi connectivity index (χ1v) is 20.7. The predicted molar refractivity (Wildman–Crippen MR) is 219 cm³/mol. The lowest BCUT2D eigenvalue weighted by Crippen LogP contribution is -2.49. The molecule has 0 radical (unpaired) electrons. The fraction of sp³-hybridized carbons (Fsp3) is 0.0417. The van der Waals surface area contributed by atoms with E-state index in [0.29, 0.717) is 0 Å². The minimum Gasteiger partial charge on any atom is -0.455 e. The van der Waals surface area contributed by atoms with Gasteiger partial charge >= 0.3 is 0 Å². The van der Waals surface area contributed by atoms with Crippen LogP contribution in [0.3, 0.4) is 0 Å². The molecule has 0 N–H and O–H groups in total. The van der Waals surface area contributed by atoms with Gasteiger partial charge in [-0.25, -0.2) is 0 Å². The highest BCUT2D eigenvalue weighted by Crippen LogP contribution is 2.47. The van der Waals surface area contributed by atoms with Crippen LogP contribution in [0.1, 0.15) is 0 Å². The third kappa shape index (κ3) is 4.70. The van der Waals surface area contributed by atoms with Gasteiger partial charge in [0.05, 0.1) is 5.69 Å². The molecule has 0 aliphatic carbocycles. The van der Waals surface area contributed by atoms with Gasteiger partial charge in [-0.2, -0.15) is 0 Å². The molecule has 0 saturated carbocycles. The van der Waals surface area contributed by atoms with Crippen molar-refractivity contribution >= 4 is 68.2 Å². The van der Waals surface area contributed by atoms with Crippen LogP contribution in [0.2, 0.25) is 13.1 Å². The second-order valence-electron chi connectivity index (χ2n) is 14.1. The molecule has 1 aliphatic heterocycles. The molecular formula is C48H35NOSi. The summed E-state index contributed by atoms with van der Waals surface area (Å²) in [7, 11) is -2.06. The second kappa shape index (κ2) is 11.4. The Balaban J connectivity index is 1.21. The summed E-state index contributed by atoms with van der Waals surface area (Å²) in [4.78, 5) is 2.46. The van der Waals surface area contributed by atoms with Gasteiger partial charge < -0.3 is 9.32 Å². The lowest BCUT2D eigenvalue weighted by Gasteiger charge is -2.29. The van der Waals surface area contributed by atoms with Crippen molar-refractivity contribution in [2.75, 3.05) is 4.90 Å². The van der Waals surface area contributed by atoms with Gasteiger partial charge in [0.1, 0.15) is 19.2 Å². The van der Waals surface area contributed by atoms with Crippen molar-refractivity contribution in [1.82, 2.24) is 0 Å². The zero-order valence-corrected chi connectivity index (χ0v) is 29.6. The monoisotopic (exact) mass is 669 g/mol. The topological polar surface area (TPSA) is 16.4 Å². The second-order valence-corrected chi connectivity index (χ2v) is 18.5. The molecule has 9 aromatic rings. The molecule has 0 bridgehead atoms. The molecule has 0 saturated heterocycles. The minimum absolute atomic E-state index is 0.933. The predicted octanol–water partition coefficient (Wildman–Crippen LogP) is 12.3. The van der Waals surface area contributed by atoms with E-state index >= 15 is 0 Å². The summed E-state index contributed by atoms with van der Waals surface area (Å²) < 4.78 is 6.77. The van der Waals surface area contributed by atoms with Crippen molar-refractivity contribution < 1.29 is 4.42 Å². The maximum Gasteiger partial charge on any atom is 0.143 e. The normalized spacial score (nSPS) is 13.1. The SMILES string of the molecule is C[Si]1(C)c2cccc(N(c3ccc(-c4ccccc4)cc3)c3cccc(-c4ccc5ccccc5c4)c3)c2-c2c1ccc1c2oc2ccccc21. The van der Waals surface area contributed by atoms with Crippen LogP contribution < -0.4 is 15.3 Å². The fourth-order valence-electron chi connectivity index (χ4n) is 8.27. The van der Waals surface area contributed by atoms with E-state index in [4.69, 9.17) is 4.42 Å². The Morgan fingerprint density at radius 3 is 1.96 bits per heavy atom. The van der Waals surface area contributed by atoms with Crippen molar-refractivity contribution in [3.63, 3.8) is 0 Å². The van der Waals surface area contributed by atoms with E-state index in [2.05, 4.69) is 194 Å². The lowest BCUT2D eigenvalue weighted by molar-refractivity contribution is 0.670. The number of para-hydroxylation sites is 1. The Morgan fingerprint density at radius 2 is 1.10 bits per heavy atom. The first kappa shape index (κ1) is 29.7. The van der Waals surface area contributed by atoms with E-state index in [1.807, 2.05) is 0 Å². The van der Waals surface area contributed by atoms with Crippen LogP contribution in [0.25, 0.3) is 66.1 Å². The van der Waals surface area contributed by atoms with Crippen molar-refractivity contribution in [3.8, 4) is 33.4 Å². The Bertz CT molecular complexity index is 2780. The van der Waals surface area contributed by atoms with Gasteiger partial charge in [0.15, 0.2) is 0 Å². The highest BCUT2D eigenvalue weighted by Gasteiger charge is 2.41. The van der Waals surface area contributed by atoms with Gasteiger partial charge in [-0.1, -0.05) is 147 Å². The standard InChI is InChI=1S/C48H35NOSi/c1-51(2)44-21-11-19-42(46(44)47-45(51)29-28-41-40-18-8-9-20-43(40)50-48(41)47)49(38-26-24-34(25-27-38)32-12-4-3-5-13-32)39-17-10-16-36(31-39)37-23-22-33-14-6-7-15-35(33)30-37/h3-31H,1-2H3. The molecule has 1 aliphatic rings. The fourth-order valence-corrected chi connectivity index (χ4v) is 11.3. The van der Waals surface area contributed by atoms with E-state index in [1.165, 1.54) is 65.6 Å². The molecule has 0 amide bonds. The quantitative estimate of drug-likeness (QED) is 0.170. The molecule has 2 nitrogen and oxygen atoms in total. The Kier molecular flexibility index (Phi) is 6.67. The third-order valence-corrected chi connectivity index (χ3v) is 14.4. The molecule has 3 heteroatoms. The summed E-state index contributed by atoms with van der Waals surface area (Å²) in [5.41, 5.74) is 12.7. The zero-order chi connectivity index (χ0) is 34.1. The van der Waals surface area contributed by atoms with Crippen LogP contribution in [-0.4, -0.2) is 8.07 Å². The number of furan rings is 1. The molecule has 0 spiro atoms. The number of nitrogens with zero attached hydrogens (tertiary/aromatic N) is 1. The molecule has 0 fully saturated rings. The summed E-state index contributed by atoms with van der Waals surface area (Å²) in [6.07, 6.45) is 0. The minimum atomic E-state index is -2.06. The smallest absolute Gasteiger partial charge is 0.143 e. The van der Waals surface area contributed by atoms with E-state index in [0.717, 1.165) is 27.9 Å². The number of benzene rings is 8. The molecule has 51 heavy (non-hydrogen) atoms. The van der Waals surface area contributed by atoms with Gasteiger partial charge in [-0.3, -0.25) is 0 Å². The molecule has 0 unspecified atom stereocenters. The number of hydrogen-bond acceptors (Lipinski definition) is 2. The van der Waals surface area contributed by atoms with Crippen molar-refractivity contribution in [2.45, 2.75) is 13.1 Å². The Labute approximate surface area is 298 Å². The zero-order valence-electron chi connectivity index (χ0n) is 28.6. The number of anilines is 3. The van der Waals surface area contributed by atoms with Gasteiger partial charge in [-0.05, 0) is 85.9 Å². The van der Waals surface area contributed by atoms with Crippen LogP contribution in [0.4, 0.5) is 17.1 Å². The van der Waals surface area contributed by atoms with E-state index in [1.54, 1.807) is 0 Å². The molecule has 10 rings (SSSR count). The average Bonchev–Trinajstić information content (AvgIpc) is 3.68. The summed E-state index contributed by atoms with van der Waals surface area (Å²) >= 11 is 0. The van der Waals surface area contributed by atoms with Crippen molar-refractivity contribution in [1.29, 1.82) is 0 Å². The largest absolute Gasteiger partial charge is 0.455 e. The van der Waals surface area contributed by atoms with E-state index < -0.39 is 8.07 Å². The number of hydrogen-bond donors (Lipinski definition) is 0. The van der Waals surface area contributed by atoms with Crippen LogP contribution in [0.15, 0.2) is 180 Å². The van der Waals surface area contributed by atoms with Crippen LogP contribution in [0, 0.1) is 0 Å². The lowest BCUT2D eigenvalue weighted by atomic mass is 9.98. The molecule has 2 heterocycles.